The summed E-state index contributed by atoms with van der Waals surface area (Å²) in [7, 11) is 1.74. The summed E-state index contributed by atoms with van der Waals surface area (Å²) >= 11 is 0. The zero-order chi connectivity index (χ0) is 17.4. The largest absolute Gasteiger partial charge is 0.328 e. The average Bonchev–Trinajstić information content (AvgIpc) is 3.15. The molecular formula is C20H21N3O2. The van der Waals surface area contributed by atoms with Crippen molar-refractivity contribution >= 4 is 11.8 Å². The average molecular weight is 335 g/mol. The van der Waals surface area contributed by atoms with Crippen molar-refractivity contribution in [2.75, 3.05) is 13.6 Å². The second-order valence-electron chi connectivity index (χ2n) is 6.79. The van der Waals surface area contributed by atoms with Crippen LogP contribution in [0.5, 0.6) is 0 Å². The number of pyridine rings is 1. The first-order valence-corrected chi connectivity index (χ1v) is 8.69. The Morgan fingerprint density at radius 2 is 1.88 bits per heavy atom. The van der Waals surface area contributed by atoms with Crippen molar-refractivity contribution in [3.8, 4) is 0 Å². The molecule has 3 heterocycles. The Hall–Kier alpha value is -2.69. The molecule has 2 saturated heterocycles. The number of aromatic nitrogens is 1. The first-order valence-electron chi connectivity index (χ1n) is 8.69. The fourth-order valence-corrected chi connectivity index (χ4v) is 4.12. The van der Waals surface area contributed by atoms with Crippen LogP contribution in [-0.4, -0.2) is 46.2 Å². The molecule has 2 fully saturated rings. The van der Waals surface area contributed by atoms with Crippen LogP contribution in [0.4, 0.5) is 0 Å². The molecular weight excluding hydrogens is 314 g/mol. The van der Waals surface area contributed by atoms with E-state index < -0.39 is 5.54 Å². The van der Waals surface area contributed by atoms with E-state index in [2.05, 4.69) is 4.98 Å². The summed E-state index contributed by atoms with van der Waals surface area (Å²) in [6, 6.07) is 15.1. The van der Waals surface area contributed by atoms with E-state index in [4.69, 9.17) is 0 Å². The van der Waals surface area contributed by atoms with E-state index >= 15 is 0 Å². The fraction of sp³-hybridized carbons (Fsp3) is 0.350. The maximum absolute atomic E-state index is 13.6. The normalized spacial score (nSPS) is 26.0. The van der Waals surface area contributed by atoms with Crippen molar-refractivity contribution in [3.05, 3.63) is 66.0 Å². The number of likely N-dealkylation sites (N-methyl/N-ethyl adjacent to an activating group) is 1. The van der Waals surface area contributed by atoms with Crippen molar-refractivity contribution in [1.82, 2.24) is 14.8 Å². The molecule has 5 heteroatoms. The molecule has 25 heavy (non-hydrogen) atoms. The molecule has 1 aromatic heterocycles. The van der Waals surface area contributed by atoms with Gasteiger partial charge in [-0.2, -0.15) is 0 Å². The van der Waals surface area contributed by atoms with Crippen LogP contribution in [-0.2, 0) is 21.5 Å². The number of hydrogen-bond acceptors (Lipinski definition) is 3. The number of piperazine rings is 1. The number of carbonyl (C=O) groups is 2. The Labute approximate surface area is 147 Å². The SMILES string of the molecule is CN1C(=O)[C@@H]2CCCN2C(=O)[C@]1(Cc1ccccc1)c1ccccn1. The van der Waals surface area contributed by atoms with Gasteiger partial charge in [-0.05, 0) is 30.5 Å². The van der Waals surface area contributed by atoms with Crippen LogP contribution >= 0.6 is 0 Å². The smallest absolute Gasteiger partial charge is 0.255 e. The highest BCUT2D eigenvalue weighted by Crippen LogP contribution is 2.40. The van der Waals surface area contributed by atoms with Crippen molar-refractivity contribution in [2.45, 2.75) is 30.8 Å². The van der Waals surface area contributed by atoms with E-state index in [0.717, 1.165) is 18.4 Å². The molecule has 0 radical (unpaired) electrons. The molecule has 2 aliphatic rings. The van der Waals surface area contributed by atoms with E-state index in [1.807, 2.05) is 48.5 Å². The predicted molar refractivity (Wildman–Crippen MR) is 93.6 cm³/mol. The van der Waals surface area contributed by atoms with Gasteiger partial charge in [-0.15, -0.1) is 0 Å². The Morgan fingerprint density at radius 3 is 2.60 bits per heavy atom. The second-order valence-corrected chi connectivity index (χ2v) is 6.79. The van der Waals surface area contributed by atoms with Gasteiger partial charge in [0.05, 0.1) is 5.69 Å². The van der Waals surface area contributed by atoms with Gasteiger partial charge in [0.1, 0.15) is 6.04 Å². The number of amides is 2. The van der Waals surface area contributed by atoms with Gasteiger partial charge in [-0.25, -0.2) is 0 Å². The summed E-state index contributed by atoms with van der Waals surface area (Å²) in [5.74, 6) is -0.00154. The molecule has 0 spiro atoms. The molecule has 2 aliphatic heterocycles. The third kappa shape index (κ3) is 2.34. The molecule has 0 unspecified atom stereocenters. The summed E-state index contributed by atoms with van der Waals surface area (Å²) in [4.78, 5) is 34.5. The minimum atomic E-state index is -1.08. The van der Waals surface area contributed by atoms with E-state index in [-0.39, 0.29) is 17.9 Å². The van der Waals surface area contributed by atoms with Crippen molar-refractivity contribution in [3.63, 3.8) is 0 Å². The fourth-order valence-electron chi connectivity index (χ4n) is 4.12. The molecule has 2 amide bonds. The van der Waals surface area contributed by atoms with Crippen molar-refractivity contribution in [1.29, 1.82) is 0 Å². The molecule has 0 aliphatic carbocycles. The Bertz CT molecular complexity index is 793. The van der Waals surface area contributed by atoms with Gasteiger partial charge >= 0.3 is 0 Å². The van der Waals surface area contributed by atoms with Crippen LogP contribution in [0.2, 0.25) is 0 Å². The lowest BCUT2D eigenvalue weighted by Gasteiger charge is -2.49. The number of carbonyl (C=O) groups excluding carboxylic acids is 2. The summed E-state index contributed by atoms with van der Waals surface area (Å²) in [5.41, 5.74) is 0.560. The summed E-state index contributed by atoms with van der Waals surface area (Å²) in [5, 5.41) is 0. The molecule has 2 aromatic rings. The van der Waals surface area contributed by atoms with Gasteiger partial charge in [0, 0.05) is 26.2 Å². The topological polar surface area (TPSA) is 53.5 Å². The van der Waals surface area contributed by atoms with Gasteiger partial charge in [0.15, 0.2) is 5.54 Å². The molecule has 5 nitrogen and oxygen atoms in total. The highest BCUT2D eigenvalue weighted by atomic mass is 16.2. The van der Waals surface area contributed by atoms with Crippen LogP contribution in [0.15, 0.2) is 54.7 Å². The Morgan fingerprint density at radius 1 is 1.12 bits per heavy atom. The highest BCUT2D eigenvalue weighted by Gasteiger charge is 2.57. The van der Waals surface area contributed by atoms with Gasteiger partial charge in [-0.3, -0.25) is 14.6 Å². The maximum Gasteiger partial charge on any atom is 0.255 e. The summed E-state index contributed by atoms with van der Waals surface area (Å²) in [6.07, 6.45) is 3.73. The van der Waals surface area contributed by atoms with E-state index in [1.54, 1.807) is 23.0 Å². The monoisotopic (exact) mass is 335 g/mol. The predicted octanol–water partition coefficient (Wildman–Crippen LogP) is 1.98. The van der Waals surface area contributed by atoms with E-state index in [0.29, 0.717) is 18.7 Å². The minimum absolute atomic E-state index is 0.0127. The molecule has 2 atom stereocenters. The van der Waals surface area contributed by atoms with Crippen LogP contribution in [0, 0.1) is 0 Å². The lowest BCUT2D eigenvalue weighted by molar-refractivity contribution is -0.168. The van der Waals surface area contributed by atoms with Gasteiger partial charge in [0.2, 0.25) is 5.91 Å². The van der Waals surface area contributed by atoms with Gasteiger partial charge < -0.3 is 9.80 Å². The third-order valence-corrected chi connectivity index (χ3v) is 5.45. The quantitative estimate of drug-likeness (QED) is 0.862. The van der Waals surface area contributed by atoms with Gasteiger partial charge in [0.25, 0.3) is 5.91 Å². The zero-order valence-electron chi connectivity index (χ0n) is 14.3. The second kappa shape index (κ2) is 5.99. The van der Waals surface area contributed by atoms with Crippen LogP contribution < -0.4 is 0 Å². The van der Waals surface area contributed by atoms with Crippen molar-refractivity contribution < 1.29 is 9.59 Å². The Kier molecular flexibility index (Phi) is 3.79. The molecule has 4 rings (SSSR count). The standard InChI is InChI=1S/C20H21N3O2/c1-22-18(24)16-10-7-13-23(16)19(25)20(22,17-11-5-6-12-21-17)14-15-8-3-2-4-9-15/h2-6,8-9,11-12,16H,7,10,13-14H2,1H3/t16-,20-/m0/s1. The maximum atomic E-state index is 13.6. The first-order chi connectivity index (χ1) is 12.1. The molecule has 128 valence electrons. The van der Waals surface area contributed by atoms with Gasteiger partial charge in [-0.1, -0.05) is 36.4 Å². The molecule has 0 N–H and O–H groups in total. The van der Waals surface area contributed by atoms with Crippen molar-refractivity contribution in [2.24, 2.45) is 0 Å². The number of rotatable bonds is 3. The number of hydrogen-bond donors (Lipinski definition) is 0. The Balaban J connectivity index is 1.87. The molecule has 1 aromatic carbocycles. The minimum Gasteiger partial charge on any atom is -0.328 e. The lowest BCUT2D eigenvalue weighted by Crippen LogP contribution is -2.68. The highest BCUT2D eigenvalue weighted by molar-refractivity contribution is 6.00. The van der Waals surface area contributed by atoms with Crippen LogP contribution in [0.25, 0.3) is 0 Å². The summed E-state index contributed by atoms with van der Waals surface area (Å²) in [6.45, 7) is 0.645. The molecule has 0 bridgehead atoms. The molecule has 0 saturated carbocycles. The van der Waals surface area contributed by atoms with E-state index in [1.165, 1.54) is 0 Å². The van der Waals surface area contributed by atoms with Crippen LogP contribution in [0.1, 0.15) is 24.1 Å². The summed E-state index contributed by atoms with van der Waals surface area (Å²) < 4.78 is 0. The third-order valence-electron chi connectivity index (χ3n) is 5.45. The van der Waals surface area contributed by atoms with Crippen LogP contribution in [0.3, 0.4) is 0 Å². The first kappa shape index (κ1) is 15.8. The number of nitrogens with zero attached hydrogens (tertiary/aromatic N) is 3. The zero-order valence-corrected chi connectivity index (χ0v) is 14.3. The lowest BCUT2D eigenvalue weighted by atomic mass is 9.81. The number of fused-ring (bicyclic) bond motifs is 1. The van der Waals surface area contributed by atoms with E-state index in [9.17, 15) is 9.59 Å². The number of benzene rings is 1.